The van der Waals surface area contributed by atoms with Crippen molar-refractivity contribution < 1.29 is 20.1 Å². The Labute approximate surface area is 128 Å². The number of halogens is 2. The first-order valence-electron chi connectivity index (χ1n) is 6.13. The standard InChI is InChI=1S/C13H19Cl2NO4/c1-13(7-17,8-18)16-5-9(19)6-20-10-2-3-11(14)12(15)4-10/h2-4,9,16-19H,5-8H2,1H3. The fourth-order valence-electron chi connectivity index (χ4n) is 1.34. The Kier molecular flexibility index (Phi) is 7.02. The number of ether oxygens (including phenoxy) is 1. The van der Waals surface area contributed by atoms with Crippen LogP contribution in [0.3, 0.4) is 0 Å². The molecule has 0 aliphatic rings. The monoisotopic (exact) mass is 323 g/mol. The molecule has 0 heterocycles. The van der Waals surface area contributed by atoms with Crippen LogP contribution in [-0.2, 0) is 0 Å². The molecule has 0 bridgehead atoms. The van der Waals surface area contributed by atoms with E-state index in [1.165, 1.54) is 0 Å². The van der Waals surface area contributed by atoms with Crippen molar-refractivity contribution in [1.82, 2.24) is 5.32 Å². The number of aliphatic hydroxyl groups is 3. The van der Waals surface area contributed by atoms with Crippen LogP contribution in [0.5, 0.6) is 5.75 Å². The molecule has 0 aliphatic heterocycles. The highest BCUT2D eigenvalue weighted by Crippen LogP contribution is 2.26. The normalized spacial score (nSPS) is 13.3. The van der Waals surface area contributed by atoms with Gasteiger partial charge in [-0.2, -0.15) is 0 Å². The molecule has 1 aromatic rings. The summed E-state index contributed by atoms with van der Waals surface area (Å²) in [4.78, 5) is 0. The van der Waals surface area contributed by atoms with Gasteiger partial charge < -0.3 is 25.4 Å². The number of nitrogens with one attached hydrogen (secondary N) is 1. The highest BCUT2D eigenvalue weighted by Gasteiger charge is 2.22. The Morgan fingerprint density at radius 2 is 1.90 bits per heavy atom. The van der Waals surface area contributed by atoms with Crippen molar-refractivity contribution in [2.45, 2.75) is 18.6 Å². The average Bonchev–Trinajstić information content (AvgIpc) is 2.46. The van der Waals surface area contributed by atoms with Gasteiger partial charge in [-0.15, -0.1) is 0 Å². The topological polar surface area (TPSA) is 82.0 Å². The molecule has 0 aliphatic carbocycles. The SMILES string of the molecule is CC(CO)(CO)NCC(O)COc1ccc(Cl)c(Cl)c1. The number of rotatable bonds is 8. The van der Waals surface area contributed by atoms with Crippen molar-refractivity contribution in [3.05, 3.63) is 28.2 Å². The number of aliphatic hydroxyl groups excluding tert-OH is 3. The fourth-order valence-corrected chi connectivity index (χ4v) is 1.63. The molecular formula is C13H19Cl2NO4. The van der Waals surface area contributed by atoms with Gasteiger partial charge in [-0.3, -0.25) is 0 Å². The largest absolute Gasteiger partial charge is 0.491 e. The Morgan fingerprint density at radius 3 is 2.45 bits per heavy atom. The summed E-state index contributed by atoms with van der Waals surface area (Å²) in [5.74, 6) is 0.505. The molecule has 0 radical (unpaired) electrons. The molecule has 0 amide bonds. The van der Waals surface area contributed by atoms with E-state index in [1.807, 2.05) is 0 Å². The van der Waals surface area contributed by atoms with E-state index in [1.54, 1.807) is 25.1 Å². The van der Waals surface area contributed by atoms with Gasteiger partial charge in [0.15, 0.2) is 0 Å². The van der Waals surface area contributed by atoms with Crippen molar-refractivity contribution >= 4 is 23.2 Å². The molecule has 0 saturated heterocycles. The lowest BCUT2D eigenvalue weighted by atomic mass is 10.1. The molecule has 20 heavy (non-hydrogen) atoms. The molecule has 0 saturated carbocycles. The second-order valence-corrected chi connectivity index (χ2v) is 5.61. The molecule has 1 atom stereocenters. The highest BCUT2D eigenvalue weighted by atomic mass is 35.5. The molecule has 1 aromatic carbocycles. The van der Waals surface area contributed by atoms with E-state index < -0.39 is 11.6 Å². The van der Waals surface area contributed by atoms with Crippen LogP contribution in [0.15, 0.2) is 18.2 Å². The first-order valence-corrected chi connectivity index (χ1v) is 6.88. The van der Waals surface area contributed by atoms with Gasteiger partial charge in [-0.05, 0) is 19.1 Å². The van der Waals surface area contributed by atoms with Crippen LogP contribution >= 0.6 is 23.2 Å². The molecule has 7 heteroatoms. The van der Waals surface area contributed by atoms with Gasteiger partial charge in [0, 0.05) is 12.6 Å². The van der Waals surface area contributed by atoms with Crippen molar-refractivity contribution in [3.8, 4) is 5.75 Å². The zero-order valence-corrected chi connectivity index (χ0v) is 12.7. The van der Waals surface area contributed by atoms with Crippen LogP contribution in [0.25, 0.3) is 0 Å². The van der Waals surface area contributed by atoms with Crippen molar-refractivity contribution in [2.24, 2.45) is 0 Å². The van der Waals surface area contributed by atoms with Gasteiger partial charge in [0.25, 0.3) is 0 Å². The van der Waals surface area contributed by atoms with Crippen LogP contribution in [-0.4, -0.2) is 53.3 Å². The third kappa shape index (κ3) is 5.44. The summed E-state index contributed by atoms with van der Waals surface area (Å²) in [6.45, 7) is 1.42. The van der Waals surface area contributed by atoms with Crippen molar-refractivity contribution in [2.75, 3.05) is 26.4 Å². The summed E-state index contributed by atoms with van der Waals surface area (Å²) in [5.41, 5.74) is -0.829. The second-order valence-electron chi connectivity index (χ2n) is 4.80. The Balaban J connectivity index is 2.39. The molecule has 1 unspecified atom stereocenters. The summed E-state index contributed by atoms with van der Waals surface area (Å²) in [6, 6.07) is 4.83. The molecule has 0 spiro atoms. The van der Waals surface area contributed by atoms with Gasteiger partial charge >= 0.3 is 0 Å². The fraction of sp³-hybridized carbons (Fsp3) is 0.538. The molecule has 0 aromatic heterocycles. The number of benzene rings is 1. The molecule has 4 N–H and O–H groups in total. The van der Waals surface area contributed by atoms with Crippen molar-refractivity contribution in [1.29, 1.82) is 0 Å². The minimum Gasteiger partial charge on any atom is -0.491 e. The van der Waals surface area contributed by atoms with Gasteiger partial charge in [0.2, 0.25) is 0 Å². The predicted molar refractivity (Wildman–Crippen MR) is 78.5 cm³/mol. The van der Waals surface area contributed by atoms with E-state index in [9.17, 15) is 5.11 Å². The molecule has 0 fully saturated rings. The first kappa shape index (κ1) is 17.5. The summed E-state index contributed by atoms with van der Waals surface area (Å²) in [6.07, 6.45) is -0.790. The minimum absolute atomic E-state index is 0.0535. The van der Waals surface area contributed by atoms with Crippen LogP contribution in [0.4, 0.5) is 0 Å². The number of hydrogen-bond acceptors (Lipinski definition) is 5. The van der Waals surface area contributed by atoms with E-state index in [0.717, 1.165) is 0 Å². The van der Waals surface area contributed by atoms with Crippen LogP contribution in [0.2, 0.25) is 10.0 Å². The van der Waals surface area contributed by atoms with Crippen LogP contribution < -0.4 is 10.1 Å². The van der Waals surface area contributed by atoms with Gasteiger partial charge in [0.1, 0.15) is 18.5 Å². The third-order valence-corrected chi connectivity index (χ3v) is 3.53. The van der Waals surface area contributed by atoms with E-state index in [-0.39, 0.29) is 26.4 Å². The average molecular weight is 324 g/mol. The maximum absolute atomic E-state index is 9.78. The van der Waals surface area contributed by atoms with Crippen molar-refractivity contribution in [3.63, 3.8) is 0 Å². The Morgan fingerprint density at radius 1 is 1.25 bits per heavy atom. The molecular weight excluding hydrogens is 305 g/mol. The zero-order valence-electron chi connectivity index (χ0n) is 11.1. The quantitative estimate of drug-likeness (QED) is 0.575. The number of β-amino-alcohol motifs (C(OH)–C–C–N with tert-alkyl or cyclic N) is 1. The maximum atomic E-state index is 9.78. The van der Waals surface area contributed by atoms with E-state index in [0.29, 0.717) is 15.8 Å². The lowest BCUT2D eigenvalue weighted by Gasteiger charge is -2.27. The molecule has 114 valence electrons. The Bertz CT molecular complexity index is 427. The third-order valence-electron chi connectivity index (χ3n) is 2.80. The highest BCUT2D eigenvalue weighted by molar-refractivity contribution is 6.42. The van der Waals surface area contributed by atoms with Gasteiger partial charge in [-0.25, -0.2) is 0 Å². The Hall–Kier alpha value is -0.560. The first-order chi connectivity index (χ1) is 9.40. The minimum atomic E-state index is -0.829. The van der Waals surface area contributed by atoms with Gasteiger partial charge in [0.05, 0.1) is 28.8 Å². The maximum Gasteiger partial charge on any atom is 0.121 e. The van der Waals surface area contributed by atoms with Crippen LogP contribution in [0, 0.1) is 0 Å². The molecule has 5 nitrogen and oxygen atoms in total. The summed E-state index contributed by atoms with van der Waals surface area (Å²) in [5, 5.41) is 31.7. The van der Waals surface area contributed by atoms with Gasteiger partial charge in [-0.1, -0.05) is 23.2 Å². The van der Waals surface area contributed by atoms with E-state index >= 15 is 0 Å². The van der Waals surface area contributed by atoms with E-state index in [4.69, 9.17) is 38.2 Å². The number of hydrogen-bond donors (Lipinski definition) is 4. The smallest absolute Gasteiger partial charge is 0.121 e. The summed E-state index contributed by atoms with van der Waals surface area (Å²) < 4.78 is 5.38. The summed E-state index contributed by atoms with van der Waals surface area (Å²) in [7, 11) is 0. The van der Waals surface area contributed by atoms with E-state index in [2.05, 4.69) is 5.32 Å². The lowest BCUT2D eigenvalue weighted by molar-refractivity contribution is 0.0666. The summed E-state index contributed by atoms with van der Waals surface area (Å²) >= 11 is 11.6. The lowest BCUT2D eigenvalue weighted by Crippen LogP contribution is -2.52. The predicted octanol–water partition coefficient (Wildman–Crippen LogP) is 1.07. The van der Waals surface area contributed by atoms with Crippen LogP contribution in [0.1, 0.15) is 6.92 Å². The second kappa shape index (κ2) is 8.02. The molecule has 1 rings (SSSR count). The zero-order chi connectivity index (χ0) is 15.2.